The average Bonchev–Trinajstić information content (AvgIpc) is 2.55. The normalized spacial score (nSPS) is 26.5. The van der Waals surface area contributed by atoms with Crippen molar-refractivity contribution in [1.82, 2.24) is 5.32 Å². The smallest absolute Gasteiger partial charge is 0.321 e. The van der Waals surface area contributed by atoms with E-state index in [-0.39, 0.29) is 18.1 Å². The highest BCUT2D eigenvalue weighted by Gasteiger charge is 2.37. The zero-order valence-corrected chi connectivity index (χ0v) is 9.78. The summed E-state index contributed by atoms with van der Waals surface area (Å²) in [7, 11) is 0. The van der Waals surface area contributed by atoms with E-state index in [1.54, 1.807) is 6.92 Å². The summed E-state index contributed by atoms with van der Waals surface area (Å²) in [5.41, 5.74) is 0. The van der Waals surface area contributed by atoms with E-state index in [9.17, 15) is 9.59 Å². The second-order valence-electron chi connectivity index (χ2n) is 3.36. The molecule has 2 unspecified atom stereocenters. The molecule has 1 fully saturated rings. The largest absolute Gasteiger partial charge is 0.480 e. The third kappa shape index (κ3) is 3.36. The Balaban J connectivity index is 2.56. The molecule has 6 nitrogen and oxygen atoms in total. The van der Waals surface area contributed by atoms with Crippen LogP contribution in [0.25, 0.3) is 0 Å². The van der Waals surface area contributed by atoms with Gasteiger partial charge in [-0.25, -0.2) is 0 Å². The summed E-state index contributed by atoms with van der Waals surface area (Å²) in [6.07, 6.45) is -0.596. The predicted octanol–water partition coefficient (Wildman–Crippen LogP) is -0.363. The predicted molar refractivity (Wildman–Crippen MR) is 58.3 cm³/mol. The highest BCUT2D eigenvalue weighted by atomic mass is 32.1. The number of carboxylic acids is 1. The Morgan fingerprint density at radius 3 is 3.00 bits per heavy atom. The molecule has 16 heavy (non-hydrogen) atoms. The first-order valence-electron chi connectivity index (χ1n) is 4.99. The summed E-state index contributed by atoms with van der Waals surface area (Å²) in [5.74, 6) is -1.26. The Labute approximate surface area is 98.7 Å². The number of rotatable bonds is 6. The van der Waals surface area contributed by atoms with E-state index in [1.807, 2.05) is 0 Å². The Kier molecular flexibility index (Phi) is 5.04. The molecule has 0 aromatic heterocycles. The number of carbonyl (C=O) groups is 2. The minimum absolute atomic E-state index is 0.113. The fourth-order valence-electron chi connectivity index (χ4n) is 1.45. The third-order valence-electron chi connectivity index (χ3n) is 2.19. The lowest BCUT2D eigenvalue weighted by molar-refractivity contribution is -0.164. The van der Waals surface area contributed by atoms with Gasteiger partial charge in [0.15, 0.2) is 0 Å². The fraction of sp³-hybridized carbons (Fsp3) is 0.778. The van der Waals surface area contributed by atoms with Crippen molar-refractivity contribution in [2.24, 2.45) is 0 Å². The number of hydrogen-bond donors (Lipinski definition) is 3. The molecule has 0 aromatic rings. The number of esters is 1. The summed E-state index contributed by atoms with van der Waals surface area (Å²) in [5, 5.41) is 11.6. The zero-order chi connectivity index (χ0) is 12.1. The number of ether oxygens (including phenoxy) is 2. The maximum atomic E-state index is 11.1. The monoisotopic (exact) mass is 249 g/mol. The molecule has 0 spiro atoms. The van der Waals surface area contributed by atoms with Crippen molar-refractivity contribution in [2.75, 3.05) is 12.4 Å². The third-order valence-corrected chi connectivity index (χ3v) is 2.55. The number of cyclic esters (lactones) is 1. The van der Waals surface area contributed by atoms with Gasteiger partial charge in [0.2, 0.25) is 6.29 Å². The topological polar surface area (TPSA) is 84.9 Å². The molecule has 0 bridgehead atoms. The van der Waals surface area contributed by atoms with Crippen molar-refractivity contribution in [3.05, 3.63) is 0 Å². The Bertz CT molecular complexity index is 273. The van der Waals surface area contributed by atoms with Crippen LogP contribution >= 0.6 is 12.6 Å². The van der Waals surface area contributed by atoms with Crippen LogP contribution in [0.15, 0.2) is 0 Å². The highest BCUT2D eigenvalue weighted by molar-refractivity contribution is 7.80. The second kappa shape index (κ2) is 6.07. The molecule has 1 rings (SSSR count). The minimum Gasteiger partial charge on any atom is -0.480 e. The molecule has 0 radical (unpaired) electrons. The molecule has 3 atom stereocenters. The van der Waals surface area contributed by atoms with Gasteiger partial charge >= 0.3 is 11.9 Å². The summed E-state index contributed by atoms with van der Waals surface area (Å²) in [6.45, 7) is 2.17. The van der Waals surface area contributed by atoms with Gasteiger partial charge in [0, 0.05) is 12.4 Å². The molecule has 1 aliphatic rings. The number of aliphatic carboxylic acids is 1. The van der Waals surface area contributed by atoms with Crippen LogP contribution in [-0.4, -0.2) is 47.8 Å². The Morgan fingerprint density at radius 1 is 1.81 bits per heavy atom. The maximum Gasteiger partial charge on any atom is 0.321 e. The molecule has 0 saturated carbocycles. The summed E-state index contributed by atoms with van der Waals surface area (Å²) >= 11 is 3.92. The zero-order valence-electron chi connectivity index (χ0n) is 8.88. The summed E-state index contributed by atoms with van der Waals surface area (Å²) in [4.78, 5) is 21.9. The van der Waals surface area contributed by atoms with E-state index < -0.39 is 24.3 Å². The molecule has 1 heterocycles. The minimum atomic E-state index is -1.01. The molecule has 2 N–H and O–H groups in total. The van der Waals surface area contributed by atoms with Gasteiger partial charge in [-0.15, -0.1) is 0 Å². The van der Waals surface area contributed by atoms with Crippen LogP contribution in [-0.2, 0) is 19.1 Å². The number of hydrogen-bond acceptors (Lipinski definition) is 6. The summed E-state index contributed by atoms with van der Waals surface area (Å²) in [6, 6.07) is -1.24. The Hall–Kier alpha value is -0.790. The fourth-order valence-corrected chi connectivity index (χ4v) is 1.71. The van der Waals surface area contributed by atoms with Crippen molar-refractivity contribution >= 4 is 24.6 Å². The van der Waals surface area contributed by atoms with Gasteiger partial charge in [0.1, 0.15) is 6.04 Å². The van der Waals surface area contributed by atoms with Gasteiger partial charge in [-0.05, 0) is 6.92 Å². The van der Waals surface area contributed by atoms with Crippen molar-refractivity contribution in [3.8, 4) is 0 Å². The quantitative estimate of drug-likeness (QED) is 0.440. The lowest BCUT2D eigenvalue weighted by Gasteiger charge is -2.21. The first-order valence-corrected chi connectivity index (χ1v) is 5.62. The van der Waals surface area contributed by atoms with Gasteiger partial charge in [-0.2, -0.15) is 12.6 Å². The lowest BCUT2D eigenvalue weighted by Crippen LogP contribution is -2.48. The molecular formula is C9H15NO5S. The molecule has 7 heteroatoms. The molecule has 1 aliphatic heterocycles. The van der Waals surface area contributed by atoms with Gasteiger partial charge in [-0.3, -0.25) is 14.9 Å². The molecule has 0 amide bonds. The van der Waals surface area contributed by atoms with Gasteiger partial charge in [0.05, 0.1) is 12.5 Å². The average molecular weight is 249 g/mol. The lowest BCUT2D eigenvalue weighted by atomic mass is 10.2. The number of thiol groups is 1. The van der Waals surface area contributed by atoms with E-state index in [4.69, 9.17) is 14.6 Å². The Morgan fingerprint density at radius 2 is 2.50 bits per heavy atom. The van der Waals surface area contributed by atoms with Gasteiger partial charge in [0.25, 0.3) is 0 Å². The van der Waals surface area contributed by atoms with E-state index in [1.165, 1.54) is 0 Å². The molecule has 0 aromatic carbocycles. The van der Waals surface area contributed by atoms with E-state index in [0.717, 1.165) is 0 Å². The van der Waals surface area contributed by atoms with Crippen LogP contribution in [0, 0.1) is 0 Å². The van der Waals surface area contributed by atoms with Crippen molar-refractivity contribution in [3.63, 3.8) is 0 Å². The van der Waals surface area contributed by atoms with Gasteiger partial charge in [-0.1, -0.05) is 0 Å². The van der Waals surface area contributed by atoms with Gasteiger partial charge < -0.3 is 14.6 Å². The number of carbonyl (C=O) groups excluding carboxylic acids is 1. The van der Waals surface area contributed by atoms with E-state index in [2.05, 4.69) is 17.9 Å². The van der Waals surface area contributed by atoms with Crippen molar-refractivity contribution in [2.45, 2.75) is 31.7 Å². The molecule has 92 valence electrons. The second-order valence-corrected chi connectivity index (χ2v) is 3.73. The number of carboxylic acid groups (broad SMARTS) is 1. The number of nitrogens with one attached hydrogen (secondary N) is 1. The highest BCUT2D eigenvalue weighted by Crippen LogP contribution is 2.17. The first-order chi connectivity index (χ1) is 7.58. The van der Waals surface area contributed by atoms with Crippen LogP contribution in [0.5, 0.6) is 0 Å². The van der Waals surface area contributed by atoms with Crippen LogP contribution in [0.2, 0.25) is 0 Å². The van der Waals surface area contributed by atoms with E-state index >= 15 is 0 Å². The molecule has 0 aliphatic carbocycles. The summed E-state index contributed by atoms with van der Waals surface area (Å²) < 4.78 is 10.1. The maximum absolute atomic E-state index is 11.1. The van der Waals surface area contributed by atoms with Crippen LogP contribution < -0.4 is 5.32 Å². The van der Waals surface area contributed by atoms with Crippen molar-refractivity contribution in [1.29, 1.82) is 0 Å². The molecular weight excluding hydrogens is 234 g/mol. The SMILES string of the molecule is CCOC1OC(=O)CC1N[C@@H](CS)C(=O)O. The molecule has 1 saturated heterocycles. The van der Waals surface area contributed by atoms with Crippen LogP contribution in [0.1, 0.15) is 13.3 Å². The van der Waals surface area contributed by atoms with Crippen LogP contribution in [0.3, 0.4) is 0 Å². The van der Waals surface area contributed by atoms with Crippen molar-refractivity contribution < 1.29 is 24.2 Å². The van der Waals surface area contributed by atoms with E-state index in [0.29, 0.717) is 6.61 Å². The van der Waals surface area contributed by atoms with Crippen LogP contribution in [0.4, 0.5) is 0 Å². The standard InChI is InChI=1S/C9H15NO5S/c1-2-14-9-5(3-7(11)15-9)10-6(4-16)8(12)13/h5-6,9-10,16H,2-4H2,1H3,(H,12,13)/t5?,6-,9?/m0/s1. The first kappa shape index (κ1) is 13.3.